The summed E-state index contributed by atoms with van der Waals surface area (Å²) in [5.41, 5.74) is 2.72. The zero-order valence-corrected chi connectivity index (χ0v) is 17.6. The summed E-state index contributed by atoms with van der Waals surface area (Å²) in [4.78, 5) is 11.8. The Morgan fingerprint density at radius 1 is 1.19 bits per heavy atom. The van der Waals surface area contributed by atoms with E-state index in [1.807, 2.05) is 31.2 Å². The van der Waals surface area contributed by atoms with Crippen LogP contribution < -0.4 is 4.74 Å². The molecule has 1 N–H and O–H groups in total. The first kappa shape index (κ1) is 21.0. The van der Waals surface area contributed by atoms with Crippen LogP contribution in [0, 0.1) is 12.8 Å². The number of fused-ring (bicyclic) bond motifs is 1. The highest BCUT2D eigenvalue weighted by Gasteiger charge is 2.30. The van der Waals surface area contributed by atoms with Gasteiger partial charge in [-0.15, -0.1) is 0 Å². The van der Waals surface area contributed by atoms with Crippen LogP contribution in [-0.4, -0.2) is 11.1 Å². The lowest BCUT2D eigenvalue weighted by Gasteiger charge is -2.30. The van der Waals surface area contributed by atoms with Crippen LogP contribution in [0.5, 0.6) is 11.5 Å². The van der Waals surface area contributed by atoms with Crippen molar-refractivity contribution in [3.8, 4) is 11.5 Å². The predicted molar refractivity (Wildman–Crippen MR) is 113 cm³/mol. The molecule has 0 saturated heterocycles. The number of esters is 1. The number of aromatic hydroxyl groups is 1. The topological polar surface area (TPSA) is 46.5 Å². The van der Waals surface area contributed by atoms with Gasteiger partial charge in [0.25, 0.3) is 0 Å². The van der Waals surface area contributed by atoms with Gasteiger partial charge in [-0.05, 0) is 43.6 Å². The largest absolute Gasteiger partial charge is 0.507 e. The average molecular weight is 369 g/mol. The maximum atomic E-state index is 11.8. The van der Waals surface area contributed by atoms with Gasteiger partial charge in [-0.3, -0.25) is 4.79 Å². The Kier molecular flexibility index (Phi) is 6.35. The van der Waals surface area contributed by atoms with Crippen molar-refractivity contribution in [1.82, 2.24) is 0 Å². The van der Waals surface area contributed by atoms with Gasteiger partial charge in [0.05, 0.1) is 0 Å². The molecule has 0 spiro atoms. The first-order valence-electron chi connectivity index (χ1n) is 9.63. The van der Waals surface area contributed by atoms with Crippen molar-refractivity contribution in [2.45, 2.75) is 66.7 Å². The van der Waals surface area contributed by atoms with Crippen molar-refractivity contribution < 1.29 is 14.6 Å². The second kappa shape index (κ2) is 8.16. The number of carbonyl (C=O) groups is 1. The number of benzene rings is 2. The van der Waals surface area contributed by atoms with Gasteiger partial charge >= 0.3 is 5.97 Å². The normalized spacial score (nSPS) is 12.7. The van der Waals surface area contributed by atoms with Gasteiger partial charge < -0.3 is 9.84 Å². The molecule has 0 radical (unpaired) electrons. The molecule has 0 aliphatic carbocycles. The summed E-state index contributed by atoms with van der Waals surface area (Å²) in [7, 11) is 0. The van der Waals surface area contributed by atoms with E-state index in [0.717, 1.165) is 29.4 Å². The zero-order chi connectivity index (χ0) is 20.4. The van der Waals surface area contributed by atoms with E-state index < -0.39 is 0 Å². The van der Waals surface area contributed by atoms with Gasteiger partial charge in [0, 0.05) is 23.3 Å². The predicted octanol–water partition coefficient (Wildman–Crippen LogP) is 6.44. The van der Waals surface area contributed by atoms with Crippen LogP contribution in [0.1, 0.15) is 65.5 Å². The highest BCUT2D eigenvalue weighted by atomic mass is 16.5. The molecule has 27 heavy (non-hydrogen) atoms. The smallest absolute Gasteiger partial charge is 0.308 e. The van der Waals surface area contributed by atoms with Gasteiger partial charge in [0.2, 0.25) is 0 Å². The highest BCUT2D eigenvalue weighted by Crippen LogP contribution is 2.46. The van der Waals surface area contributed by atoms with E-state index in [1.165, 1.54) is 12.5 Å². The van der Waals surface area contributed by atoms with E-state index in [0.29, 0.717) is 17.1 Å². The van der Waals surface area contributed by atoms with Crippen LogP contribution in [0.15, 0.2) is 35.9 Å². The average Bonchev–Trinajstić information content (AvgIpc) is 2.56. The van der Waals surface area contributed by atoms with Gasteiger partial charge in [-0.25, -0.2) is 0 Å². The summed E-state index contributed by atoms with van der Waals surface area (Å²) >= 11 is 0. The molecule has 2 aromatic carbocycles. The SMILES string of the molecule is CC(=O)Oc1c(C(C)(C)C/C=C(\C)CC(C)C)c(C)c(O)c2ccccc12. The molecule has 0 aromatic heterocycles. The van der Waals surface area contributed by atoms with E-state index in [2.05, 4.69) is 40.7 Å². The Balaban J connectivity index is 2.64. The monoisotopic (exact) mass is 368 g/mol. The Morgan fingerprint density at radius 2 is 1.78 bits per heavy atom. The maximum absolute atomic E-state index is 11.8. The van der Waals surface area contributed by atoms with E-state index in [9.17, 15) is 9.90 Å². The number of phenols is 1. The molecule has 0 amide bonds. The van der Waals surface area contributed by atoms with E-state index in [-0.39, 0.29) is 17.1 Å². The number of hydrogen-bond acceptors (Lipinski definition) is 3. The minimum Gasteiger partial charge on any atom is -0.507 e. The summed E-state index contributed by atoms with van der Waals surface area (Å²) < 4.78 is 5.68. The third-order valence-electron chi connectivity index (χ3n) is 5.00. The number of phenolic OH excluding ortho intramolecular Hbond substituents is 1. The van der Waals surface area contributed by atoms with Crippen LogP contribution in [0.4, 0.5) is 0 Å². The van der Waals surface area contributed by atoms with Crippen LogP contribution in [0.25, 0.3) is 10.8 Å². The summed E-state index contributed by atoms with van der Waals surface area (Å²) in [5, 5.41) is 12.3. The van der Waals surface area contributed by atoms with Crippen molar-refractivity contribution in [3.05, 3.63) is 47.0 Å². The minimum atomic E-state index is -0.353. The molecule has 3 nitrogen and oxygen atoms in total. The second-order valence-corrected chi connectivity index (χ2v) is 8.55. The highest BCUT2D eigenvalue weighted by molar-refractivity contribution is 5.97. The lowest BCUT2D eigenvalue weighted by Crippen LogP contribution is -2.21. The molecule has 0 unspecified atom stereocenters. The summed E-state index contributed by atoms with van der Waals surface area (Å²) in [6.45, 7) is 14.2. The molecule has 0 aliphatic heterocycles. The lowest BCUT2D eigenvalue weighted by atomic mass is 9.76. The van der Waals surface area contributed by atoms with Gasteiger partial charge in [0.15, 0.2) is 0 Å². The molecule has 0 fully saturated rings. The first-order valence-corrected chi connectivity index (χ1v) is 9.63. The van der Waals surface area contributed by atoms with E-state index >= 15 is 0 Å². The summed E-state index contributed by atoms with van der Waals surface area (Å²) in [5.74, 6) is 1.09. The Bertz CT molecular complexity index is 873. The fourth-order valence-electron chi connectivity index (χ4n) is 3.84. The van der Waals surface area contributed by atoms with Crippen molar-refractivity contribution in [2.24, 2.45) is 5.92 Å². The minimum absolute atomic E-state index is 0.257. The van der Waals surface area contributed by atoms with Crippen LogP contribution in [-0.2, 0) is 10.2 Å². The molecule has 2 aromatic rings. The molecule has 146 valence electrons. The van der Waals surface area contributed by atoms with E-state index in [4.69, 9.17) is 4.74 Å². The van der Waals surface area contributed by atoms with Crippen LogP contribution >= 0.6 is 0 Å². The number of ether oxygens (including phenoxy) is 1. The standard InChI is InChI=1S/C24H32O3/c1-15(2)14-16(3)12-13-24(6,7)21-17(4)22(26)19-10-8-9-11-20(19)23(21)27-18(5)25/h8-12,15,26H,13-14H2,1-7H3/b16-12+. The molecule has 3 heteroatoms. The lowest BCUT2D eigenvalue weighted by molar-refractivity contribution is -0.131. The number of rotatable bonds is 6. The fourth-order valence-corrected chi connectivity index (χ4v) is 3.84. The third kappa shape index (κ3) is 4.71. The van der Waals surface area contributed by atoms with E-state index in [1.54, 1.807) is 0 Å². The van der Waals surface area contributed by atoms with Gasteiger partial charge in [0.1, 0.15) is 11.5 Å². The third-order valence-corrected chi connectivity index (χ3v) is 5.00. The zero-order valence-electron chi connectivity index (χ0n) is 17.6. The number of hydrogen-bond donors (Lipinski definition) is 1. The molecule has 0 bridgehead atoms. The van der Waals surface area contributed by atoms with Crippen molar-refractivity contribution in [2.75, 3.05) is 0 Å². The number of carbonyl (C=O) groups excluding carboxylic acids is 1. The van der Waals surface area contributed by atoms with Crippen LogP contribution in [0.2, 0.25) is 0 Å². The quantitative estimate of drug-likeness (QED) is 0.362. The summed E-state index contributed by atoms with van der Waals surface area (Å²) in [6, 6.07) is 7.52. The van der Waals surface area contributed by atoms with Crippen molar-refractivity contribution in [1.29, 1.82) is 0 Å². The molecule has 0 heterocycles. The molecule has 0 atom stereocenters. The molecule has 0 saturated carbocycles. The first-order chi connectivity index (χ1) is 12.5. The number of allylic oxidation sites excluding steroid dienone is 2. The van der Waals surface area contributed by atoms with Gasteiger partial charge in [-0.2, -0.15) is 0 Å². The maximum Gasteiger partial charge on any atom is 0.308 e. The Morgan fingerprint density at radius 3 is 2.33 bits per heavy atom. The summed E-state index contributed by atoms with van der Waals surface area (Å²) in [6.07, 6.45) is 4.14. The van der Waals surface area contributed by atoms with Gasteiger partial charge in [-0.1, -0.05) is 63.6 Å². The van der Waals surface area contributed by atoms with Crippen molar-refractivity contribution >= 4 is 16.7 Å². The fraction of sp³-hybridized carbons (Fsp3) is 0.458. The molecule has 2 rings (SSSR count). The molecular formula is C24H32O3. The second-order valence-electron chi connectivity index (χ2n) is 8.55. The van der Waals surface area contributed by atoms with Crippen molar-refractivity contribution in [3.63, 3.8) is 0 Å². The Hall–Kier alpha value is -2.29. The molecular weight excluding hydrogens is 336 g/mol. The Labute approximate surface area is 163 Å². The molecule has 0 aliphatic rings. The van der Waals surface area contributed by atoms with Crippen LogP contribution in [0.3, 0.4) is 0 Å².